The largest absolute Gasteiger partial charge is 0.497 e. The molecule has 4 nitrogen and oxygen atoms in total. The van der Waals surface area contributed by atoms with Crippen molar-refractivity contribution < 1.29 is 14.6 Å². The zero-order valence-corrected chi connectivity index (χ0v) is 9.68. The van der Waals surface area contributed by atoms with Crippen molar-refractivity contribution in [2.45, 2.75) is 0 Å². The molecule has 0 bridgehead atoms. The van der Waals surface area contributed by atoms with Crippen LogP contribution in [0.5, 0.6) is 5.75 Å². The van der Waals surface area contributed by atoms with E-state index in [1.54, 1.807) is 30.9 Å². The molecule has 0 spiro atoms. The minimum absolute atomic E-state index is 0.266. The number of rotatable bonds is 3. The summed E-state index contributed by atoms with van der Waals surface area (Å²) in [6.07, 6.45) is 0. The normalized spacial score (nSPS) is 10.2. The second-order valence-corrected chi connectivity index (χ2v) is 3.70. The Kier molecular flexibility index (Phi) is 2.87. The topological polar surface area (TPSA) is 51.5 Å². The van der Waals surface area contributed by atoms with Gasteiger partial charge in [-0.15, -0.1) is 0 Å². The number of hydrogen-bond acceptors (Lipinski definition) is 2. The summed E-state index contributed by atoms with van der Waals surface area (Å²) in [4.78, 5) is 10.9. The summed E-state index contributed by atoms with van der Waals surface area (Å²) in [5.74, 6) is -0.178. The van der Waals surface area contributed by atoms with E-state index in [9.17, 15) is 4.79 Å². The van der Waals surface area contributed by atoms with Crippen LogP contribution < -0.4 is 4.74 Å². The fraction of sp³-hybridized carbons (Fsp3) is 0.154. The van der Waals surface area contributed by atoms with Crippen molar-refractivity contribution in [3.8, 4) is 17.0 Å². The summed E-state index contributed by atoms with van der Waals surface area (Å²) in [6.45, 7) is 0. The number of aromatic nitrogens is 1. The second kappa shape index (κ2) is 4.33. The van der Waals surface area contributed by atoms with Gasteiger partial charge in [0.2, 0.25) is 0 Å². The Balaban J connectivity index is 2.49. The van der Waals surface area contributed by atoms with Gasteiger partial charge in [-0.05, 0) is 24.3 Å². The van der Waals surface area contributed by atoms with Crippen LogP contribution in [-0.2, 0) is 7.05 Å². The van der Waals surface area contributed by atoms with Crippen molar-refractivity contribution in [2.24, 2.45) is 7.05 Å². The smallest absolute Gasteiger partial charge is 0.352 e. The van der Waals surface area contributed by atoms with Gasteiger partial charge in [0.25, 0.3) is 0 Å². The fourth-order valence-electron chi connectivity index (χ4n) is 1.80. The molecule has 0 saturated heterocycles. The van der Waals surface area contributed by atoms with Crippen LogP contribution in [0.25, 0.3) is 11.3 Å². The van der Waals surface area contributed by atoms with Crippen LogP contribution in [0.3, 0.4) is 0 Å². The fourth-order valence-corrected chi connectivity index (χ4v) is 1.80. The average Bonchev–Trinajstić information content (AvgIpc) is 2.71. The molecule has 1 N–H and O–H groups in total. The summed E-state index contributed by atoms with van der Waals surface area (Å²) in [5, 5.41) is 8.98. The number of hydrogen-bond donors (Lipinski definition) is 1. The molecule has 0 unspecified atom stereocenters. The van der Waals surface area contributed by atoms with Crippen LogP contribution in [0.4, 0.5) is 0 Å². The average molecular weight is 231 g/mol. The lowest BCUT2D eigenvalue weighted by molar-refractivity contribution is 0.0687. The Bertz CT molecular complexity index is 558. The highest BCUT2D eigenvalue weighted by Gasteiger charge is 2.12. The maximum Gasteiger partial charge on any atom is 0.352 e. The number of methoxy groups -OCH3 is 1. The van der Waals surface area contributed by atoms with Gasteiger partial charge < -0.3 is 14.4 Å². The summed E-state index contributed by atoms with van der Waals surface area (Å²) in [7, 11) is 3.34. The highest BCUT2D eigenvalue weighted by molar-refractivity contribution is 5.87. The maximum atomic E-state index is 10.9. The monoisotopic (exact) mass is 231 g/mol. The van der Waals surface area contributed by atoms with Gasteiger partial charge in [-0.1, -0.05) is 12.1 Å². The van der Waals surface area contributed by atoms with E-state index in [1.807, 2.05) is 24.3 Å². The molecule has 0 aliphatic rings. The van der Waals surface area contributed by atoms with Crippen molar-refractivity contribution in [3.63, 3.8) is 0 Å². The van der Waals surface area contributed by atoms with Gasteiger partial charge >= 0.3 is 5.97 Å². The quantitative estimate of drug-likeness (QED) is 0.882. The third-order valence-corrected chi connectivity index (χ3v) is 2.71. The number of carboxylic acids is 1. The van der Waals surface area contributed by atoms with E-state index in [0.717, 1.165) is 17.0 Å². The standard InChI is InChI=1S/C13H13NO3/c1-14-11(6-7-12(14)13(15)16)9-4-3-5-10(8-9)17-2/h3-8H,1-2H3,(H,15,16). The molecule has 2 rings (SSSR count). The van der Waals surface area contributed by atoms with Crippen LogP contribution in [0, 0.1) is 0 Å². The van der Waals surface area contributed by atoms with E-state index in [1.165, 1.54) is 0 Å². The Hall–Kier alpha value is -2.23. The highest BCUT2D eigenvalue weighted by atomic mass is 16.5. The van der Waals surface area contributed by atoms with E-state index in [0.29, 0.717) is 0 Å². The maximum absolute atomic E-state index is 10.9. The van der Waals surface area contributed by atoms with Gasteiger partial charge in [-0.3, -0.25) is 0 Å². The van der Waals surface area contributed by atoms with Crippen LogP contribution in [0.1, 0.15) is 10.5 Å². The highest BCUT2D eigenvalue weighted by Crippen LogP contribution is 2.25. The Morgan fingerprint density at radius 3 is 2.65 bits per heavy atom. The Labute approximate surface area is 99.1 Å². The molecule has 0 saturated carbocycles. The van der Waals surface area contributed by atoms with Gasteiger partial charge in [0.1, 0.15) is 11.4 Å². The SMILES string of the molecule is COc1cccc(-c2ccc(C(=O)O)n2C)c1. The minimum atomic E-state index is -0.929. The molecule has 0 fully saturated rings. The van der Waals surface area contributed by atoms with Gasteiger partial charge in [-0.2, -0.15) is 0 Å². The second-order valence-electron chi connectivity index (χ2n) is 3.70. The van der Waals surface area contributed by atoms with Crippen molar-refractivity contribution in [1.82, 2.24) is 4.57 Å². The van der Waals surface area contributed by atoms with Crippen molar-refractivity contribution in [1.29, 1.82) is 0 Å². The van der Waals surface area contributed by atoms with Gasteiger partial charge in [0, 0.05) is 18.3 Å². The number of ether oxygens (including phenoxy) is 1. The van der Waals surface area contributed by atoms with E-state index in [4.69, 9.17) is 9.84 Å². The van der Waals surface area contributed by atoms with Gasteiger partial charge in [0.05, 0.1) is 7.11 Å². The molecule has 17 heavy (non-hydrogen) atoms. The van der Waals surface area contributed by atoms with Crippen LogP contribution >= 0.6 is 0 Å². The lowest BCUT2D eigenvalue weighted by atomic mass is 10.1. The molecule has 1 aromatic heterocycles. The number of carboxylic acid groups (broad SMARTS) is 1. The predicted octanol–water partition coefficient (Wildman–Crippen LogP) is 2.40. The van der Waals surface area contributed by atoms with Crippen molar-refractivity contribution >= 4 is 5.97 Å². The third kappa shape index (κ3) is 2.01. The zero-order chi connectivity index (χ0) is 12.4. The van der Waals surface area contributed by atoms with E-state index >= 15 is 0 Å². The molecule has 0 atom stereocenters. The molecular formula is C13H13NO3. The summed E-state index contributed by atoms with van der Waals surface area (Å²) in [5.41, 5.74) is 2.04. The molecule has 2 aromatic rings. The summed E-state index contributed by atoms with van der Waals surface area (Å²) >= 11 is 0. The lowest BCUT2D eigenvalue weighted by Gasteiger charge is -2.07. The molecule has 1 heterocycles. The van der Waals surface area contributed by atoms with E-state index in [2.05, 4.69) is 0 Å². The first kappa shape index (κ1) is 11.3. The first-order valence-electron chi connectivity index (χ1n) is 5.17. The van der Waals surface area contributed by atoms with Crippen LogP contribution in [-0.4, -0.2) is 22.8 Å². The minimum Gasteiger partial charge on any atom is -0.497 e. The molecule has 0 amide bonds. The Morgan fingerprint density at radius 2 is 2.06 bits per heavy atom. The Morgan fingerprint density at radius 1 is 1.29 bits per heavy atom. The number of aromatic carboxylic acids is 1. The third-order valence-electron chi connectivity index (χ3n) is 2.71. The van der Waals surface area contributed by atoms with E-state index in [-0.39, 0.29) is 5.69 Å². The van der Waals surface area contributed by atoms with Gasteiger partial charge in [0.15, 0.2) is 0 Å². The number of carbonyl (C=O) groups is 1. The van der Waals surface area contributed by atoms with Crippen molar-refractivity contribution in [3.05, 3.63) is 42.1 Å². The summed E-state index contributed by atoms with van der Waals surface area (Å²) < 4.78 is 6.79. The van der Waals surface area contributed by atoms with Crippen molar-refractivity contribution in [2.75, 3.05) is 7.11 Å². The summed E-state index contributed by atoms with van der Waals surface area (Å²) in [6, 6.07) is 10.9. The first-order valence-corrected chi connectivity index (χ1v) is 5.17. The van der Waals surface area contributed by atoms with Gasteiger partial charge in [-0.25, -0.2) is 4.79 Å². The molecule has 4 heteroatoms. The zero-order valence-electron chi connectivity index (χ0n) is 9.68. The van der Waals surface area contributed by atoms with Crippen LogP contribution in [0.2, 0.25) is 0 Å². The molecule has 0 radical (unpaired) electrons. The van der Waals surface area contributed by atoms with Crippen LogP contribution in [0.15, 0.2) is 36.4 Å². The van der Waals surface area contributed by atoms with E-state index < -0.39 is 5.97 Å². The predicted molar refractivity (Wildman–Crippen MR) is 64.4 cm³/mol. The lowest BCUT2D eigenvalue weighted by Crippen LogP contribution is -2.05. The molecule has 0 aliphatic carbocycles. The molecular weight excluding hydrogens is 218 g/mol. The molecule has 88 valence electrons. The number of benzene rings is 1. The molecule has 1 aromatic carbocycles. The molecule has 0 aliphatic heterocycles. The number of nitrogens with zero attached hydrogens (tertiary/aromatic N) is 1. The first-order chi connectivity index (χ1) is 8.13.